The van der Waals surface area contributed by atoms with Crippen molar-refractivity contribution < 1.29 is 14.5 Å². The van der Waals surface area contributed by atoms with E-state index in [1.54, 1.807) is 48.5 Å². The van der Waals surface area contributed by atoms with E-state index in [2.05, 4.69) is 31.7 Å². The van der Waals surface area contributed by atoms with E-state index < -0.39 is 22.4 Å². The molecule has 0 aliphatic rings. The summed E-state index contributed by atoms with van der Waals surface area (Å²) in [4.78, 5) is 42.9. The van der Waals surface area contributed by atoms with E-state index in [9.17, 15) is 19.7 Å². The van der Waals surface area contributed by atoms with Crippen molar-refractivity contribution in [2.24, 2.45) is 0 Å². The summed E-state index contributed by atoms with van der Waals surface area (Å²) in [6, 6.07) is 13.5. The zero-order valence-electron chi connectivity index (χ0n) is 16.7. The zero-order chi connectivity index (χ0) is 22.4. The molecular formula is C20H19N7O4. The number of hydrogen-bond acceptors (Lipinski definition) is 8. The highest BCUT2D eigenvalue weighted by Crippen LogP contribution is 2.27. The van der Waals surface area contributed by atoms with E-state index in [0.29, 0.717) is 11.1 Å². The van der Waals surface area contributed by atoms with Crippen LogP contribution in [0.15, 0.2) is 54.9 Å². The Hall–Kier alpha value is -4.54. The number of nitro groups is 1. The van der Waals surface area contributed by atoms with E-state index in [4.69, 9.17) is 0 Å². The van der Waals surface area contributed by atoms with Gasteiger partial charge in [0.05, 0.1) is 4.92 Å². The summed E-state index contributed by atoms with van der Waals surface area (Å²) in [7, 11) is 0. The van der Waals surface area contributed by atoms with Gasteiger partial charge in [0.2, 0.25) is 11.6 Å². The standard InChI is InChI=1S/C20H19N7O4/c1-12-3-7-14(8-4-12)19(28)25-23-17-16(27(30)31)18(22-11-21-17)24-26-20(29)15-9-5-13(2)6-10-15/h3-11H,1-2H3,(H,25,28)(H,26,29)(H2,21,22,23,24). The van der Waals surface area contributed by atoms with Crippen LogP contribution in [-0.4, -0.2) is 26.7 Å². The molecule has 0 radical (unpaired) electrons. The molecule has 0 spiro atoms. The molecule has 3 rings (SSSR count). The third-order valence-electron chi connectivity index (χ3n) is 4.22. The first-order valence-corrected chi connectivity index (χ1v) is 9.10. The van der Waals surface area contributed by atoms with Crippen molar-refractivity contribution in [2.75, 3.05) is 10.9 Å². The van der Waals surface area contributed by atoms with Gasteiger partial charge >= 0.3 is 5.69 Å². The van der Waals surface area contributed by atoms with E-state index in [1.807, 2.05) is 13.8 Å². The van der Waals surface area contributed by atoms with Gasteiger partial charge in [0.25, 0.3) is 11.8 Å². The minimum absolute atomic E-state index is 0.257. The number of aryl methyl sites for hydroxylation is 2. The maximum atomic E-state index is 12.2. The zero-order valence-corrected chi connectivity index (χ0v) is 16.7. The molecule has 0 unspecified atom stereocenters. The number of nitrogens with one attached hydrogen (secondary N) is 4. The number of hydrogen-bond donors (Lipinski definition) is 4. The average molecular weight is 421 g/mol. The van der Waals surface area contributed by atoms with Crippen LogP contribution >= 0.6 is 0 Å². The average Bonchev–Trinajstić information content (AvgIpc) is 2.76. The van der Waals surface area contributed by atoms with Crippen molar-refractivity contribution in [2.45, 2.75) is 13.8 Å². The third kappa shape index (κ3) is 5.29. The summed E-state index contributed by atoms with van der Waals surface area (Å²) in [6.45, 7) is 3.77. The van der Waals surface area contributed by atoms with Crippen molar-refractivity contribution in [1.29, 1.82) is 0 Å². The van der Waals surface area contributed by atoms with Gasteiger partial charge in [0.15, 0.2) is 0 Å². The molecule has 0 saturated heterocycles. The maximum Gasteiger partial charge on any atom is 0.356 e. The van der Waals surface area contributed by atoms with Crippen molar-refractivity contribution in [1.82, 2.24) is 20.8 Å². The SMILES string of the molecule is Cc1ccc(C(=O)NNc2ncnc(NNC(=O)c3ccc(C)cc3)c2[N+](=O)[O-])cc1. The summed E-state index contributed by atoms with van der Waals surface area (Å²) in [5.74, 6) is -1.52. The lowest BCUT2D eigenvalue weighted by Gasteiger charge is -2.11. The summed E-state index contributed by atoms with van der Waals surface area (Å²) in [5.41, 5.74) is 11.7. The number of rotatable bonds is 7. The second kappa shape index (κ2) is 9.31. The van der Waals surface area contributed by atoms with Crippen LogP contribution in [-0.2, 0) is 0 Å². The molecule has 3 aromatic rings. The van der Waals surface area contributed by atoms with Crippen molar-refractivity contribution in [3.8, 4) is 0 Å². The van der Waals surface area contributed by atoms with Crippen LogP contribution in [0.4, 0.5) is 17.3 Å². The predicted molar refractivity (Wildman–Crippen MR) is 113 cm³/mol. The highest BCUT2D eigenvalue weighted by Gasteiger charge is 2.24. The lowest BCUT2D eigenvalue weighted by Crippen LogP contribution is -2.32. The summed E-state index contributed by atoms with van der Waals surface area (Å²) in [5, 5.41) is 11.6. The van der Waals surface area contributed by atoms with Gasteiger partial charge in [-0.15, -0.1) is 0 Å². The van der Waals surface area contributed by atoms with Gasteiger partial charge in [-0.1, -0.05) is 35.4 Å². The molecule has 1 aromatic heterocycles. The first kappa shape index (κ1) is 21.2. The lowest BCUT2D eigenvalue weighted by molar-refractivity contribution is -0.383. The number of aromatic nitrogens is 2. The van der Waals surface area contributed by atoms with E-state index in [1.165, 1.54) is 0 Å². The lowest BCUT2D eigenvalue weighted by atomic mass is 10.1. The Morgan fingerprint density at radius 1 is 0.774 bits per heavy atom. The monoisotopic (exact) mass is 421 g/mol. The number of anilines is 2. The minimum atomic E-state index is -0.735. The van der Waals surface area contributed by atoms with Crippen LogP contribution in [0, 0.1) is 24.0 Å². The molecule has 0 aliphatic heterocycles. The second-order valence-electron chi connectivity index (χ2n) is 6.57. The third-order valence-corrected chi connectivity index (χ3v) is 4.22. The van der Waals surface area contributed by atoms with E-state index in [0.717, 1.165) is 17.5 Å². The number of carbonyl (C=O) groups is 2. The predicted octanol–water partition coefficient (Wildman–Crippen LogP) is 2.52. The van der Waals surface area contributed by atoms with E-state index >= 15 is 0 Å². The number of hydrazine groups is 2. The van der Waals surface area contributed by atoms with Crippen molar-refractivity contribution >= 4 is 29.1 Å². The van der Waals surface area contributed by atoms with Gasteiger partial charge in [0, 0.05) is 11.1 Å². The molecule has 1 heterocycles. The molecule has 31 heavy (non-hydrogen) atoms. The highest BCUT2D eigenvalue weighted by atomic mass is 16.6. The van der Waals surface area contributed by atoms with E-state index in [-0.39, 0.29) is 11.6 Å². The summed E-state index contributed by atoms with van der Waals surface area (Å²) >= 11 is 0. The Labute approximate surface area is 177 Å². The molecule has 2 amide bonds. The number of amides is 2. The van der Waals surface area contributed by atoms with Crippen molar-refractivity contribution in [3.63, 3.8) is 0 Å². The van der Waals surface area contributed by atoms with Gasteiger partial charge in [-0.05, 0) is 38.1 Å². The largest absolute Gasteiger partial charge is 0.356 e. The summed E-state index contributed by atoms with van der Waals surface area (Å²) < 4.78 is 0. The fourth-order valence-corrected chi connectivity index (χ4v) is 2.52. The maximum absolute atomic E-state index is 12.2. The van der Waals surface area contributed by atoms with Gasteiger partial charge in [-0.25, -0.2) is 9.97 Å². The van der Waals surface area contributed by atoms with Crippen LogP contribution in [0.3, 0.4) is 0 Å². The molecule has 0 atom stereocenters. The van der Waals surface area contributed by atoms with Gasteiger partial charge in [-0.2, -0.15) is 0 Å². The molecule has 2 aromatic carbocycles. The fourth-order valence-electron chi connectivity index (χ4n) is 2.52. The second-order valence-corrected chi connectivity index (χ2v) is 6.57. The molecule has 4 N–H and O–H groups in total. The molecule has 0 bridgehead atoms. The molecule has 11 nitrogen and oxygen atoms in total. The van der Waals surface area contributed by atoms with Gasteiger partial charge < -0.3 is 0 Å². The normalized spacial score (nSPS) is 10.1. The Balaban J connectivity index is 1.72. The van der Waals surface area contributed by atoms with Crippen LogP contribution in [0.5, 0.6) is 0 Å². The van der Waals surface area contributed by atoms with Crippen LogP contribution in [0.25, 0.3) is 0 Å². The smallest absolute Gasteiger partial charge is 0.276 e. The first-order chi connectivity index (χ1) is 14.8. The Morgan fingerprint density at radius 2 is 1.16 bits per heavy atom. The first-order valence-electron chi connectivity index (χ1n) is 9.10. The van der Waals surface area contributed by atoms with Crippen molar-refractivity contribution in [3.05, 3.63) is 87.2 Å². The number of nitrogens with zero attached hydrogens (tertiary/aromatic N) is 3. The molecule has 0 aliphatic carbocycles. The Morgan fingerprint density at radius 3 is 1.52 bits per heavy atom. The molecule has 11 heteroatoms. The number of carbonyl (C=O) groups excluding carboxylic acids is 2. The van der Waals surface area contributed by atoms with Crippen LogP contribution in [0.2, 0.25) is 0 Å². The Bertz CT molecular complexity index is 1040. The molecular weight excluding hydrogens is 402 g/mol. The van der Waals surface area contributed by atoms with Crippen LogP contribution < -0.4 is 21.7 Å². The van der Waals surface area contributed by atoms with Gasteiger partial charge in [-0.3, -0.25) is 41.4 Å². The molecule has 0 fully saturated rings. The fraction of sp³-hybridized carbons (Fsp3) is 0.100. The quantitative estimate of drug-likeness (QED) is 0.335. The Kier molecular flexibility index (Phi) is 6.36. The molecule has 158 valence electrons. The summed E-state index contributed by atoms with van der Waals surface area (Å²) in [6.07, 6.45) is 1.05. The molecule has 0 saturated carbocycles. The number of benzene rings is 2. The van der Waals surface area contributed by atoms with Crippen LogP contribution in [0.1, 0.15) is 31.8 Å². The highest BCUT2D eigenvalue weighted by molar-refractivity contribution is 5.96. The van der Waals surface area contributed by atoms with Gasteiger partial charge in [0.1, 0.15) is 6.33 Å². The topological polar surface area (TPSA) is 151 Å². The minimum Gasteiger partial charge on any atom is -0.276 e.